The first-order chi connectivity index (χ1) is 13.3. The topological polar surface area (TPSA) is 88.8 Å². The summed E-state index contributed by atoms with van der Waals surface area (Å²) in [5.41, 5.74) is 3.24. The predicted octanol–water partition coefficient (Wildman–Crippen LogP) is 3.27. The zero-order valence-electron chi connectivity index (χ0n) is 13.9. The van der Waals surface area contributed by atoms with Gasteiger partial charge in [-0.2, -0.15) is 9.61 Å². The number of hydrogen-bond acceptors (Lipinski definition) is 6. The zero-order valence-corrected chi connectivity index (χ0v) is 14.7. The molecule has 2 aromatic carbocycles. The van der Waals surface area contributed by atoms with Crippen LogP contribution in [0.1, 0.15) is 0 Å². The van der Waals surface area contributed by atoms with Crippen molar-refractivity contribution in [3.63, 3.8) is 0 Å². The first-order valence-corrected chi connectivity index (χ1v) is 9.04. The van der Waals surface area contributed by atoms with Gasteiger partial charge in [0.1, 0.15) is 0 Å². The standard InChI is InChI=1S/C19H12N6OS/c26-18-16(13-9-5-2-6-10-13)22-23-19-25(18)24-17(27-19)15-11-14(20-21-15)12-7-3-1-4-8-12/h1-11H,(H,20,21). The first kappa shape index (κ1) is 15.6. The van der Waals surface area contributed by atoms with Crippen LogP contribution in [0.5, 0.6) is 0 Å². The van der Waals surface area contributed by atoms with Gasteiger partial charge in [0.15, 0.2) is 10.7 Å². The van der Waals surface area contributed by atoms with E-state index < -0.39 is 0 Å². The Hall–Kier alpha value is -3.65. The maximum Gasteiger partial charge on any atom is 0.302 e. The quantitative estimate of drug-likeness (QED) is 0.525. The Kier molecular flexibility index (Phi) is 3.61. The van der Waals surface area contributed by atoms with Gasteiger partial charge in [0, 0.05) is 11.1 Å². The van der Waals surface area contributed by atoms with Crippen molar-refractivity contribution in [3.8, 4) is 33.2 Å². The number of fused-ring (bicyclic) bond motifs is 1. The molecule has 0 radical (unpaired) electrons. The molecule has 0 aliphatic rings. The second-order valence-electron chi connectivity index (χ2n) is 5.85. The fraction of sp³-hybridized carbons (Fsp3) is 0. The fourth-order valence-electron chi connectivity index (χ4n) is 2.79. The van der Waals surface area contributed by atoms with Crippen LogP contribution in [0.2, 0.25) is 0 Å². The lowest BCUT2D eigenvalue weighted by Crippen LogP contribution is -2.19. The van der Waals surface area contributed by atoms with Crippen molar-refractivity contribution in [2.75, 3.05) is 0 Å². The molecule has 0 unspecified atom stereocenters. The number of aromatic nitrogens is 6. The van der Waals surface area contributed by atoms with Crippen LogP contribution in [0.4, 0.5) is 0 Å². The third-order valence-electron chi connectivity index (χ3n) is 4.12. The van der Waals surface area contributed by atoms with Crippen molar-refractivity contribution >= 4 is 16.3 Å². The molecule has 0 fully saturated rings. The van der Waals surface area contributed by atoms with E-state index in [4.69, 9.17) is 0 Å². The maximum absolute atomic E-state index is 12.8. The van der Waals surface area contributed by atoms with E-state index in [0.717, 1.165) is 17.0 Å². The molecule has 5 rings (SSSR count). The van der Waals surface area contributed by atoms with Crippen LogP contribution in [-0.2, 0) is 0 Å². The molecule has 0 saturated heterocycles. The molecule has 0 bridgehead atoms. The van der Waals surface area contributed by atoms with Gasteiger partial charge in [-0.3, -0.25) is 9.89 Å². The highest BCUT2D eigenvalue weighted by Crippen LogP contribution is 2.26. The summed E-state index contributed by atoms with van der Waals surface area (Å²) in [4.78, 5) is 13.2. The number of H-pyrrole nitrogens is 1. The lowest BCUT2D eigenvalue weighted by molar-refractivity contribution is 0.860. The normalized spacial score (nSPS) is 11.1. The summed E-state index contributed by atoms with van der Waals surface area (Å²) < 4.78 is 1.29. The highest BCUT2D eigenvalue weighted by Gasteiger charge is 2.16. The van der Waals surface area contributed by atoms with Crippen LogP contribution in [0.3, 0.4) is 0 Å². The van der Waals surface area contributed by atoms with Gasteiger partial charge in [-0.15, -0.1) is 15.3 Å². The molecular weight excluding hydrogens is 360 g/mol. The second-order valence-corrected chi connectivity index (χ2v) is 6.81. The van der Waals surface area contributed by atoms with Crippen LogP contribution >= 0.6 is 11.3 Å². The van der Waals surface area contributed by atoms with Crippen molar-refractivity contribution in [3.05, 3.63) is 77.1 Å². The van der Waals surface area contributed by atoms with Crippen LogP contribution in [-0.4, -0.2) is 30.0 Å². The SMILES string of the molecule is O=c1c(-c2ccccc2)nnc2sc(-c3cc(-c4ccccc4)n[nH]3)nn12. The number of nitrogens with zero attached hydrogens (tertiary/aromatic N) is 5. The molecule has 3 heterocycles. The summed E-state index contributed by atoms with van der Waals surface area (Å²) in [6.07, 6.45) is 0. The minimum absolute atomic E-state index is 0.277. The lowest BCUT2D eigenvalue weighted by Gasteiger charge is -1.97. The minimum atomic E-state index is -0.295. The summed E-state index contributed by atoms with van der Waals surface area (Å²) in [5.74, 6) is 0. The molecule has 3 aromatic heterocycles. The molecule has 0 saturated carbocycles. The van der Waals surface area contributed by atoms with Crippen LogP contribution < -0.4 is 5.56 Å². The van der Waals surface area contributed by atoms with Gasteiger partial charge in [-0.1, -0.05) is 72.0 Å². The highest BCUT2D eigenvalue weighted by atomic mass is 32.1. The van der Waals surface area contributed by atoms with Crippen LogP contribution in [0.25, 0.3) is 38.2 Å². The molecule has 27 heavy (non-hydrogen) atoms. The average molecular weight is 372 g/mol. The zero-order chi connectivity index (χ0) is 18.2. The van der Waals surface area contributed by atoms with Gasteiger partial charge >= 0.3 is 5.56 Å². The van der Waals surface area contributed by atoms with E-state index in [1.165, 1.54) is 15.9 Å². The van der Waals surface area contributed by atoms with E-state index in [9.17, 15) is 4.79 Å². The predicted molar refractivity (Wildman–Crippen MR) is 103 cm³/mol. The van der Waals surface area contributed by atoms with Crippen molar-refractivity contribution in [1.29, 1.82) is 0 Å². The number of nitrogens with one attached hydrogen (secondary N) is 1. The lowest BCUT2D eigenvalue weighted by atomic mass is 10.1. The summed E-state index contributed by atoms with van der Waals surface area (Å²) >= 11 is 1.28. The molecule has 0 atom stereocenters. The van der Waals surface area contributed by atoms with Gasteiger partial charge in [0.05, 0.1) is 11.4 Å². The third-order valence-corrected chi connectivity index (χ3v) is 5.05. The van der Waals surface area contributed by atoms with Gasteiger partial charge in [-0.25, -0.2) is 0 Å². The van der Waals surface area contributed by atoms with Crippen LogP contribution in [0, 0.1) is 0 Å². The van der Waals surface area contributed by atoms with Gasteiger partial charge in [0.25, 0.3) is 0 Å². The van der Waals surface area contributed by atoms with E-state index in [1.54, 1.807) is 0 Å². The van der Waals surface area contributed by atoms with E-state index in [1.807, 2.05) is 66.7 Å². The summed E-state index contributed by atoms with van der Waals surface area (Å²) in [6.45, 7) is 0. The molecule has 0 spiro atoms. The molecule has 5 aromatic rings. The summed E-state index contributed by atoms with van der Waals surface area (Å²) in [5, 5.41) is 20.6. The fourth-order valence-corrected chi connectivity index (χ4v) is 3.59. The molecule has 130 valence electrons. The smallest absolute Gasteiger partial charge is 0.275 e. The number of benzene rings is 2. The van der Waals surface area contributed by atoms with Crippen molar-refractivity contribution in [2.24, 2.45) is 0 Å². The molecule has 0 amide bonds. The Morgan fingerprint density at radius 1 is 0.889 bits per heavy atom. The largest absolute Gasteiger partial charge is 0.302 e. The Morgan fingerprint density at radius 3 is 2.33 bits per heavy atom. The molecule has 0 aliphatic heterocycles. The van der Waals surface area contributed by atoms with E-state index >= 15 is 0 Å². The molecule has 8 heteroatoms. The monoisotopic (exact) mass is 372 g/mol. The first-order valence-electron chi connectivity index (χ1n) is 8.23. The molecule has 1 N–H and O–H groups in total. The van der Waals surface area contributed by atoms with Gasteiger partial charge < -0.3 is 0 Å². The average Bonchev–Trinajstić information content (AvgIpc) is 3.37. The summed E-state index contributed by atoms with van der Waals surface area (Å²) in [6, 6.07) is 21.0. The van der Waals surface area contributed by atoms with E-state index in [0.29, 0.717) is 15.5 Å². The van der Waals surface area contributed by atoms with E-state index in [-0.39, 0.29) is 11.3 Å². The molecule has 7 nitrogen and oxygen atoms in total. The van der Waals surface area contributed by atoms with Gasteiger partial charge in [-0.05, 0) is 6.07 Å². The number of hydrogen-bond donors (Lipinski definition) is 1. The molecular formula is C19H12N6OS. The summed E-state index contributed by atoms with van der Waals surface area (Å²) in [7, 11) is 0. The Labute approximate surface area is 157 Å². The van der Waals surface area contributed by atoms with Crippen molar-refractivity contribution in [1.82, 2.24) is 30.0 Å². The maximum atomic E-state index is 12.8. The van der Waals surface area contributed by atoms with Gasteiger partial charge in [0.2, 0.25) is 4.96 Å². The second kappa shape index (κ2) is 6.26. The van der Waals surface area contributed by atoms with Crippen molar-refractivity contribution in [2.45, 2.75) is 0 Å². The third kappa shape index (κ3) is 2.72. The Morgan fingerprint density at radius 2 is 1.59 bits per heavy atom. The van der Waals surface area contributed by atoms with Crippen molar-refractivity contribution < 1.29 is 0 Å². The Bertz CT molecular complexity index is 1290. The van der Waals surface area contributed by atoms with Crippen LogP contribution in [0.15, 0.2) is 71.5 Å². The van der Waals surface area contributed by atoms with E-state index in [2.05, 4.69) is 25.5 Å². The highest BCUT2D eigenvalue weighted by molar-refractivity contribution is 7.19. The minimum Gasteiger partial charge on any atom is -0.275 e. The molecule has 0 aliphatic carbocycles. The Balaban J connectivity index is 1.59. The number of rotatable bonds is 3. The number of aromatic amines is 1.